The van der Waals surface area contributed by atoms with Crippen LogP contribution in [0.25, 0.3) is 10.9 Å². The number of hydrazone groups is 1. The fourth-order valence-corrected chi connectivity index (χ4v) is 2.02. The molecule has 0 atom stereocenters. The molecule has 0 aliphatic carbocycles. The molecule has 0 radical (unpaired) electrons. The smallest absolute Gasteiger partial charge is 0.261 e. The Hall–Kier alpha value is -2.67. The molecule has 6 nitrogen and oxygen atoms in total. The van der Waals surface area contributed by atoms with Crippen molar-refractivity contribution in [3.05, 3.63) is 52.3 Å². The number of hydrogen-bond acceptors (Lipinski definition) is 4. The van der Waals surface area contributed by atoms with E-state index in [1.165, 1.54) is 6.21 Å². The average molecular weight is 316 g/mol. The fourth-order valence-electron chi connectivity index (χ4n) is 1.88. The average Bonchev–Trinajstić information content (AvgIpc) is 2.49. The quantitative estimate of drug-likeness (QED) is 0.297. The number of benzene rings is 1. The highest BCUT2D eigenvalue weighted by atomic mass is 32.1. The zero-order chi connectivity index (χ0) is 16.1. The van der Waals surface area contributed by atoms with E-state index in [1.54, 1.807) is 18.2 Å². The van der Waals surface area contributed by atoms with Gasteiger partial charge in [-0.05, 0) is 31.3 Å². The maximum Gasteiger partial charge on any atom is 0.261 e. The third-order valence-electron chi connectivity index (χ3n) is 2.94. The van der Waals surface area contributed by atoms with Crippen LogP contribution >= 0.6 is 12.2 Å². The summed E-state index contributed by atoms with van der Waals surface area (Å²) >= 11 is 4.96. The summed E-state index contributed by atoms with van der Waals surface area (Å²) in [6.45, 7) is 5.96. The molecule has 0 fully saturated rings. The van der Waals surface area contributed by atoms with Crippen molar-refractivity contribution in [1.82, 2.24) is 15.7 Å². The van der Waals surface area contributed by atoms with Gasteiger partial charge in [0.25, 0.3) is 5.56 Å². The van der Waals surface area contributed by atoms with Crippen molar-refractivity contribution in [2.24, 2.45) is 5.10 Å². The van der Waals surface area contributed by atoms with Crippen LogP contribution in [0.3, 0.4) is 0 Å². The third kappa shape index (κ3) is 3.50. The molecular formula is C15H16N4O2S. The van der Waals surface area contributed by atoms with Crippen molar-refractivity contribution >= 4 is 34.4 Å². The van der Waals surface area contributed by atoms with E-state index in [0.29, 0.717) is 22.6 Å². The van der Waals surface area contributed by atoms with Crippen molar-refractivity contribution in [1.29, 1.82) is 0 Å². The number of pyridine rings is 1. The maximum absolute atomic E-state index is 12.0. The Labute approximate surface area is 132 Å². The molecule has 0 bridgehead atoms. The Balaban J connectivity index is 2.29. The first-order valence-corrected chi connectivity index (χ1v) is 6.97. The molecule has 0 saturated heterocycles. The molecule has 1 aromatic carbocycles. The van der Waals surface area contributed by atoms with E-state index in [0.717, 1.165) is 5.56 Å². The van der Waals surface area contributed by atoms with Crippen molar-refractivity contribution in [2.75, 3.05) is 6.54 Å². The van der Waals surface area contributed by atoms with E-state index < -0.39 is 5.56 Å². The predicted molar refractivity (Wildman–Crippen MR) is 92.5 cm³/mol. The topological polar surface area (TPSA) is 89.5 Å². The molecule has 0 amide bonds. The zero-order valence-electron chi connectivity index (χ0n) is 12.0. The lowest BCUT2D eigenvalue weighted by Crippen LogP contribution is -2.32. The highest BCUT2D eigenvalue weighted by Crippen LogP contribution is 2.24. The van der Waals surface area contributed by atoms with E-state index in [1.807, 2.05) is 13.0 Å². The van der Waals surface area contributed by atoms with Crippen LogP contribution in [0.4, 0.5) is 0 Å². The number of H-pyrrole nitrogens is 1. The largest absolute Gasteiger partial charge is 0.506 e. The molecule has 2 rings (SSSR count). The van der Waals surface area contributed by atoms with E-state index in [4.69, 9.17) is 12.2 Å². The molecule has 4 N–H and O–H groups in total. The number of nitrogens with one attached hydrogen (secondary N) is 3. The molecular weight excluding hydrogens is 300 g/mol. The molecule has 1 heterocycles. The van der Waals surface area contributed by atoms with Crippen LogP contribution < -0.4 is 16.3 Å². The normalized spacial score (nSPS) is 10.8. The summed E-state index contributed by atoms with van der Waals surface area (Å²) in [4.78, 5) is 14.7. The number of aromatic amines is 1. The van der Waals surface area contributed by atoms with E-state index in [-0.39, 0.29) is 11.3 Å². The van der Waals surface area contributed by atoms with Gasteiger partial charge in [-0.2, -0.15) is 5.10 Å². The lowest BCUT2D eigenvalue weighted by atomic mass is 10.1. The Kier molecular flexibility index (Phi) is 4.90. The number of aromatic nitrogens is 1. The predicted octanol–water partition coefficient (Wildman–Crippen LogP) is 1.53. The fraction of sp³-hybridized carbons (Fsp3) is 0.133. The van der Waals surface area contributed by atoms with Crippen LogP contribution in [0, 0.1) is 6.92 Å². The zero-order valence-corrected chi connectivity index (χ0v) is 12.8. The van der Waals surface area contributed by atoms with Gasteiger partial charge in [0.05, 0.1) is 11.7 Å². The van der Waals surface area contributed by atoms with Crippen LogP contribution in [0.1, 0.15) is 11.1 Å². The van der Waals surface area contributed by atoms with Crippen LogP contribution in [-0.2, 0) is 0 Å². The van der Waals surface area contributed by atoms with Gasteiger partial charge in [0.15, 0.2) is 5.11 Å². The van der Waals surface area contributed by atoms with Gasteiger partial charge in [-0.3, -0.25) is 10.2 Å². The van der Waals surface area contributed by atoms with Gasteiger partial charge in [0, 0.05) is 11.9 Å². The summed E-state index contributed by atoms with van der Waals surface area (Å²) in [5.41, 5.74) is 3.75. The minimum absolute atomic E-state index is 0.0668. The van der Waals surface area contributed by atoms with Crippen molar-refractivity contribution in [3.63, 3.8) is 0 Å². The Morgan fingerprint density at radius 1 is 1.55 bits per heavy atom. The molecule has 0 spiro atoms. The summed E-state index contributed by atoms with van der Waals surface area (Å²) in [7, 11) is 0. The summed E-state index contributed by atoms with van der Waals surface area (Å²) in [5.74, 6) is -0.113. The number of fused-ring (bicyclic) bond motifs is 1. The first kappa shape index (κ1) is 15.7. The number of hydrogen-bond donors (Lipinski definition) is 4. The molecule has 0 saturated carbocycles. The van der Waals surface area contributed by atoms with Gasteiger partial charge < -0.3 is 15.4 Å². The molecule has 0 unspecified atom stereocenters. The van der Waals surface area contributed by atoms with E-state index in [2.05, 4.69) is 27.4 Å². The molecule has 0 aliphatic rings. The molecule has 2 aromatic rings. The highest BCUT2D eigenvalue weighted by Gasteiger charge is 2.10. The molecule has 0 aliphatic heterocycles. The van der Waals surface area contributed by atoms with Gasteiger partial charge in [-0.15, -0.1) is 6.58 Å². The highest BCUT2D eigenvalue weighted by molar-refractivity contribution is 7.80. The molecule has 22 heavy (non-hydrogen) atoms. The van der Waals surface area contributed by atoms with Gasteiger partial charge in [-0.1, -0.05) is 17.7 Å². The Morgan fingerprint density at radius 3 is 3.05 bits per heavy atom. The maximum atomic E-state index is 12.0. The SMILES string of the molecule is C=CCNC(=S)N/N=C\c1c(O)c2cc(C)ccc2[nH]c1=O. The van der Waals surface area contributed by atoms with Crippen molar-refractivity contribution in [3.8, 4) is 5.75 Å². The summed E-state index contributed by atoms with van der Waals surface area (Å²) in [5, 5.41) is 17.8. The summed E-state index contributed by atoms with van der Waals surface area (Å²) < 4.78 is 0. The second kappa shape index (κ2) is 6.86. The van der Waals surface area contributed by atoms with Crippen molar-refractivity contribution < 1.29 is 5.11 Å². The molecule has 114 valence electrons. The van der Waals surface area contributed by atoms with Crippen LogP contribution in [0.2, 0.25) is 0 Å². The number of aryl methyl sites for hydroxylation is 1. The van der Waals surface area contributed by atoms with E-state index >= 15 is 0 Å². The van der Waals surface area contributed by atoms with Crippen molar-refractivity contribution in [2.45, 2.75) is 6.92 Å². The minimum atomic E-state index is -0.427. The van der Waals surface area contributed by atoms with Crippen LogP contribution in [0.5, 0.6) is 5.75 Å². The van der Waals surface area contributed by atoms with E-state index in [9.17, 15) is 9.90 Å². The first-order valence-electron chi connectivity index (χ1n) is 6.56. The number of rotatable bonds is 4. The minimum Gasteiger partial charge on any atom is -0.506 e. The standard InChI is InChI=1S/C15H16N4O2S/c1-3-6-16-15(22)19-17-8-11-13(20)10-7-9(2)4-5-12(10)18-14(11)21/h3-5,7-8H,1,6H2,2H3,(H2,16,19,22)(H2,18,20,21)/b17-8-. The van der Waals surface area contributed by atoms with Gasteiger partial charge in [0.1, 0.15) is 11.3 Å². The Bertz CT molecular complexity index is 811. The second-order valence-electron chi connectivity index (χ2n) is 4.63. The molecule has 1 aromatic heterocycles. The first-order chi connectivity index (χ1) is 10.5. The number of aromatic hydroxyl groups is 1. The Morgan fingerprint density at radius 2 is 2.32 bits per heavy atom. The second-order valence-corrected chi connectivity index (χ2v) is 5.04. The number of nitrogens with zero attached hydrogens (tertiary/aromatic N) is 1. The summed E-state index contributed by atoms with van der Waals surface area (Å²) in [6.07, 6.45) is 2.89. The van der Waals surface area contributed by atoms with Crippen LogP contribution in [0.15, 0.2) is 40.8 Å². The summed E-state index contributed by atoms with van der Waals surface area (Å²) in [6, 6.07) is 5.40. The van der Waals surface area contributed by atoms with Gasteiger partial charge in [-0.25, -0.2) is 0 Å². The van der Waals surface area contributed by atoms with Crippen LogP contribution in [-0.4, -0.2) is 28.0 Å². The molecule has 7 heteroatoms. The number of thiocarbonyl (C=S) groups is 1. The lowest BCUT2D eigenvalue weighted by molar-refractivity contribution is 0.479. The monoisotopic (exact) mass is 316 g/mol. The van der Waals surface area contributed by atoms with Gasteiger partial charge >= 0.3 is 0 Å². The lowest BCUT2D eigenvalue weighted by Gasteiger charge is -2.06. The van der Waals surface area contributed by atoms with Gasteiger partial charge in [0.2, 0.25) is 0 Å². The third-order valence-corrected chi connectivity index (χ3v) is 3.18.